The number of fused-ring (bicyclic) bond motifs is 1. The lowest BCUT2D eigenvalue weighted by molar-refractivity contribution is 0.0673. The average Bonchev–Trinajstić information content (AvgIpc) is 2.55. The van der Waals surface area contributed by atoms with E-state index >= 15 is 0 Å². The van der Waals surface area contributed by atoms with Crippen molar-refractivity contribution in [3.63, 3.8) is 0 Å². The first kappa shape index (κ1) is 10.5. The van der Waals surface area contributed by atoms with Gasteiger partial charge in [0.2, 0.25) is 0 Å². The van der Waals surface area contributed by atoms with Crippen molar-refractivity contribution in [1.29, 1.82) is 0 Å². The minimum absolute atomic E-state index is 0.116. The fraction of sp³-hybridized carbons (Fsp3) is 0.273. The van der Waals surface area contributed by atoms with Crippen LogP contribution in [0.15, 0.2) is 24.4 Å². The largest absolute Gasteiger partial charge is 0.350 e. The summed E-state index contributed by atoms with van der Waals surface area (Å²) in [6, 6.07) is 5.79. The standard InChI is InChI=1S/C11H13ClN2O/c1-7(15-13)10-6-14(2)11-5-8(12)3-4-9(10)11/h3-7H,13H2,1-2H3. The predicted octanol–water partition coefficient (Wildman–Crippen LogP) is 2.78. The molecule has 1 atom stereocenters. The van der Waals surface area contributed by atoms with Crippen LogP contribution in [0.3, 0.4) is 0 Å². The van der Waals surface area contributed by atoms with Gasteiger partial charge in [-0.25, -0.2) is 5.90 Å². The molecule has 3 nitrogen and oxygen atoms in total. The fourth-order valence-electron chi connectivity index (χ4n) is 1.79. The minimum atomic E-state index is -0.116. The van der Waals surface area contributed by atoms with Crippen LogP contribution in [0.4, 0.5) is 0 Å². The maximum absolute atomic E-state index is 5.94. The van der Waals surface area contributed by atoms with Crippen LogP contribution in [-0.4, -0.2) is 4.57 Å². The van der Waals surface area contributed by atoms with Gasteiger partial charge in [0.05, 0.1) is 0 Å². The van der Waals surface area contributed by atoms with E-state index in [0.717, 1.165) is 21.5 Å². The molecule has 0 aliphatic heterocycles. The zero-order valence-corrected chi connectivity index (χ0v) is 9.45. The Balaban J connectivity index is 2.68. The van der Waals surface area contributed by atoms with Crippen LogP contribution in [-0.2, 0) is 11.9 Å². The van der Waals surface area contributed by atoms with Crippen LogP contribution in [0.2, 0.25) is 5.02 Å². The smallest absolute Gasteiger partial charge is 0.103 e. The van der Waals surface area contributed by atoms with Gasteiger partial charge in [0, 0.05) is 34.7 Å². The Labute approximate surface area is 93.3 Å². The highest BCUT2D eigenvalue weighted by molar-refractivity contribution is 6.31. The third-order valence-corrected chi connectivity index (χ3v) is 2.86. The predicted molar refractivity (Wildman–Crippen MR) is 61.6 cm³/mol. The van der Waals surface area contributed by atoms with Crippen molar-refractivity contribution in [3.8, 4) is 0 Å². The number of nitrogens with zero attached hydrogens (tertiary/aromatic N) is 1. The van der Waals surface area contributed by atoms with E-state index in [4.69, 9.17) is 22.3 Å². The molecule has 15 heavy (non-hydrogen) atoms. The van der Waals surface area contributed by atoms with E-state index in [0.29, 0.717) is 0 Å². The Morgan fingerprint density at radius 2 is 2.20 bits per heavy atom. The number of benzene rings is 1. The lowest BCUT2D eigenvalue weighted by atomic mass is 10.1. The number of nitrogens with two attached hydrogens (primary N) is 1. The number of aryl methyl sites for hydroxylation is 1. The summed E-state index contributed by atoms with van der Waals surface area (Å²) in [4.78, 5) is 4.84. The van der Waals surface area contributed by atoms with E-state index in [2.05, 4.69) is 0 Å². The van der Waals surface area contributed by atoms with E-state index in [-0.39, 0.29) is 6.10 Å². The first-order chi connectivity index (χ1) is 7.13. The van der Waals surface area contributed by atoms with Crippen LogP contribution < -0.4 is 5.90 Å². The molecule has 80 valence electrons. The molecule has 0 bridgehead atoms. The van der Waals surface area contributed by atoms with Gasteiger partial charge in [0.25, 0.3) is 0 Å². The molecule has 1 aromatic carbocycles. The lowest BCUT2D eigenvalue weighted by Gasteiger charge is -2.06. The Kier molecular flexibility index (Phi) is 2.69. The highest BCUT2D eigenvalue weighted by Crippen LogP contribution is 2.28. The lowest BCUT2D eigenvalue weighted by Crippen LogP contribution is -2.04. The van der Waals surface area contributed by atoms with Crippen LogP contribution >= 0.6 is 11.6 Å². The quantitative estimate of drug-likeness (QED) is 0.797. The van der Waals surface area contributed by atoms with E-state index < -0.39 is 0 Å². The number of aromatic nitrogens is 1. The molecule has 2 rings (SSSR count). The Hall–Kier alpha value is -1.03. The van der Waals surface area contributed by atoms with Crippen LogP contribution in [0, 0.1) is 0 Å². The van der Waals surface area contributed by atoms with E-state index in [1.54, 1.807) is 0 Å². The van der Waals surface area contributed by atoms with Crippen molar-refractivity contribution >= 4 is 22.5 Å². The monoisotopic (exact) mass is 224 g/mol. The van der Waals surface area contributed by atoms with Gasteiger partial charge in [-0.05, 0) is 19.1 Å². The number of hydrogen-bond acceptors (Lipinski definition) is 2. The van der Waals surface area contributed by atoms with Gasteiger partial charge in [0.1, 0.15) is 6.10 Å². The van der Waals surface area contributed by atoms with E-state index in [1.165, 1.54) is 0 Å². The zero-order chi connectivity index (χ0) is 11.0. The van der Waals surface area contributed by atoms with Crippen LogP contribution in [0.1, 0.15) is 18.6 Å². The molecular formula is C11H13ClN2O. The summed E-state index contributed by atoms with van der Waals surface area (Å²) < 4.78 is 2.02. The SMILES string of the molecule is CC(ON)c1cn(C)c2cc(Cl)ccc12. The summed E-state index contributed by atoms with van der Waals surface area (Å²) in [6.07, 6.45) is 1.90. The van der Waals surface area contributed by atoms with Crippen LogP contribution in [0.5, 0.6) is 0 Å². The third kappa shape index (κ3) is 1.74. The van der Waals surface area contributed by atoms with Crippen LogP contribution in [0.25, 0.3) is 10.9 Å². The molecule has 0 spiro atoms. The topological polar surface area (TPSA) is 40.2 Å². The molecule has 0 saturated heterocycles. The summed E-state index contributed by atoms with van der Waals surface area (Å²) >= 11 is 5.94. The second-order valence-corrected chi connectivity index (χ2v) is 4.07. The molecule has 1 aromatic heterocycles. The summed E-state index contributed by atoms with van der Waals surface area (Å²) in [5.41, 5.74) is 2.16. The average molecular weight is 225 g/mol. The summed E-state index contributed by atoms with van der Waals surface area (Å²) in [5.74, 6) is 5.20. The summed E-state index contributed by atoms with van der Waals surface area (Å²) in [5, 5.41) is 1.86. The van der Waals surface area contributed by atoms with Crippen molar-refractivity contribution in [1.82, 2.24) is 4.57 Å². The van der Waals surface area contributed by atoms with Gasteiger partial charge in [-0.1, -0.05) is 17.7 Å². The van der Waals surface area contributed by atoms with Gasteiger partial charge in [-0.3, -0.25) is 4.84 Å². The minimum Gasteiger partial charge on any atom is -0.350 e. The molecule has 0 fully saturated rings. The highest BCUT2D eigenvalue weighted by atomic mass is 35.5. The molecule has 0 radical (unpaired) electrons. The van der Waals surface area contributed by atoms with Crippen molar-refractivity contribution in [2.24, 2.45) is 12.9 Å². The number of halogens is 1. The van der Waals surface area contributed by atoms with Crippen molar-refractivity contribution < 1.29 is 4.84 Å². The molecule has 2 N–H and O–H groups in total. The number of hydrogen-bond donors (Lipinski definition) is 1. The third-order valence-electron chi connectivity index (χ3n) is 2.63. The highest BCUT2D eigenvalue weighted by Gasteiger charge is 2.12. The summed E-state index contributed by atoms with van der Waals surface area (Å²) in [6.45, 7) is 1.92. The van der Waals surface area contributed by atoms with Gasteiger partial charge in [-0.15, -0.1) is 0 Å². The molecule has 4 heteroatoms. The summed E-state index contributed by atoms with van der Waals surface area (Å²) in [7, 11) is 1.98. The maximum Gasteiger partial charge on any atom is 0.103 e. The molecule has 0 aliphatic rings. The number of rotatable bonds is 2. The second kappa shape index (κ2) is 3.85. The molecule has 0 amide bonds. The molecular weight excluding hydrogens is 212 g/mol. The molecule has 1 unspecified atom stereocenters. The van der Waals surface area contributed by atoms with Crippen molar-refractivity contribution in [2.75, 3.05) is 0 Å². The van der Waals surface area contributed by atoms with Crippen molar-refractivity contribution in [3.05, 3.63) is 35.0 Å². The zero-order valence-electron chi connectivity index (χ0n) is 8.70. The maximum atomic E-state index is 5.94. The second-order valence-electron chi connectivity index (χ2n) is 3.64. The first-order valence-corrected chi connectivity index (χ1v) is 5.11. The molecule has 0 saturated carbocycles. The molecule has 0 aliphatic carbocycles. The van der Waals surface area contributed by atoms with Gasteiger partial charge in [-0.2, -0.15) is 0 Å². The first-order valence-electron chi connectivity index (χ1n) is 4.73. The molecule has 1 heterocycles. The van der Waals surface area contributed by atoms with Crippen molar-refractivity contribution in [2.45, 2.75) is 13.0 Å². The fourth-order valence-corrected chi connectivity index (χ4v) is 1.95. The Morgan fingerprint density at radius 3 is 2.87 bits per heavy atom. The normalized spacial score (nSPS) is 13.3. The molecule has 2 aromatic rings. The van der Waals surface area contributed by atoms with Gasteiger partial charge in [0.15, 0.2) is 0 Å². The van der Waals surface area contributed by atoms with E-state index in [1.807, 2.05) is 42.9 Å². The Morgan fingerprint density at radius 1 is 1.47 bits per heavy atom. The Bertz CT molecular complexity index is 493. The van der Waals surface area contributed by atoms with Gasteiger partial charge < -0.3 is 4.57 Å². The van der Waals surface area contributed by atoms with E-state index in [9.17, 15) is 0 Å². The van der Waals surface area contributed by atoms with Gasteiger partial charge >= 0.3 is 0 Å².